The maximum Gasteiger partial charge on any atom is 0.164 e. The molecule has 1 aliphatic carbocycles. The van der Waals surface area contributed by atoms with E-state index in [9.17, 15) is 9.90 Å². The van der Waals surface area contributed by atoms with E-state index in [1.54, 1.807) is 0 Å². The molecule has 4 atom stereocenters. The van der Waals surface area contributed by atoms with E-state index < -0.39 is 30.0 Å². The van der Waals surface area contributed by atoms with E-state index >= 15 is 0 Å². The van der Waals surface area contributed by atoms with Crippen molar-refractivity contribution >= 4 is 5.78 Å². The fourth-order valence-electron chi connectivity index (χ4n) is 1.33. The molecular weight excluding hydrogens is 165 g/mol. The molecule has 70 valence electrons. The molecule has 0 aromatic rings. The van der Waals surface area contributed by atoms with Gasteiger partial charge in [0.1, 0.15) is 12.2 Å². The van der Waals surface area contributed by atoms with Crippen molar-refractivity contribution in [1.82, 2.24) is 0 Å². The predicted molar refractivity (Wildman–Crippen MR) is 38.2 cm³/mol. The molecular formula is C7H12O5. The standard InChI is InChI=1S/C7H12O5/c8-2-3-1-4(9)6(11)7(12)5(3)10/h3,5-8,10-12H,1-2H2/t3?,5-,6+,7+/m1/s1/i4+1. The summed E-state index contributed by atoms with van der Waals surface area (Å²) in [6.45, 7) is -0.364. The second kappa shape index (κ2) is 3.49. The maximum atomic E-state index is 10.9. The van der Waals surface area contributed by atoms with Gasteiger partial charge >= 0.3 is 0 Å². The molecule has 0 bridgehead atoms. The number of carbonyl (C=O) groups is 1. The number of aliphatic hydroxyl groups is 4. The Bertz CT molecular complexity index is 179. The fraction of sp³-hybridized carbons (Fsp3) is 0.857. The molecule has 1 fully saturated rings. The summed E-state index contributed by atoms with van der Waals surface area (Å²) in [6.07, 6.45) is -4.29. The predicted octanol–water partition coefficient (Wildman–Crippen LogP) is -2.35. The average Bonchev–Trinajstić information content (AvgIpc) is 2.08. The highest BCUT2D eigenvalue weighted by atomic mass is 16.4. The topological polar surface area (TPSA) is 98.0 Å². The van der Waals surface area contributed by atoms with E-state index in [1.165, 1.54) is 0 Å². The van der Waals surface area contributed by atoms with Gasteiger partial charge in [-0.1, -0.05) is 0 Å². The van der Waals surface area contributed by atoms with Gasteiger partial charge in [0.2, 0.25) is 0 Å². The van der Waals surface area contributed by atoms with Gasteiger partial charge in [0.15, 0.2) is 5.78 Å². The first-order valence-corrected chi connectivity index (χ1v) is 3.75. The van der Waals surface area contributed by atoms with Crippen LogP contribution in [0.5, 0.6) is 0 Å². The maximum absolute atomic E-state index is 10.9. The molecule has 0 heterocycles. The summed E-state index contributed by atoms with van der Waals surface area (Å²) in [5.41, 5.74) is 0. The highest BCUT2D eigenvalue weighted by molar-refractivity contribution is 5.84. The summed E-state index contributed by atoms with van der Waals surface area (Å²) < 4.78 is 0. The van der Waals surface area contributed by atoms with Gasteiger partial charge in [-0.15, -0.1) is 0 Å². The zero-order chi connectivity index (χ0) is 9.30. The summed E-state index contributed by atoms with van der Waals surface area (Å²) in [7, 11) is 0. The molecule has 0 saturated heterocycles. The molecule has 0 radical (unpaired) electrons. The van der Waals surface area contributed by atoms with Gasteiger partial charge in [0, 0.05) is 18.9 Å². The lowest BCUT2D eigenvalue weighted by Crippen LogP contribution is -2.52. The van der Waals surface area contributed by atoms with Crippen LogP contribution >= 0.6 is 0 Å². The first-order valence-electron chi connectivity index (χ1n) is 3.75. The fourth-order valence-corrected chi connectivity index (χ4v) is 1.33. The van der Waals surface area contributed by atoms with Crippen LogP contribution in [0, 0.1) is 5.92 Å². The number of ketones is 1. The molecule has 5 nitrogen and oxygen atoms in total. The quantitative estimate of drug-likeness (QED) is 0.336. The largest absolute Gasteiger partial charge is 0.396 e. The highest BCUT2D eigenvalue weighted by Crippen LogP contribution is 2.22. The van der Waals surface area contributed by atoms with Gasteiger partial charge in [-0.25, -0.2) is 0 Å². The zero-order valence-electron chi connectivity index (χ0n) is 6.42. The van der Waals surface area contributed by atoms with Crippen LogP contribution in [0.25, 0.3) is 0 Å². The molecule has 0 aromatic heterocycles. The van der Waals surface area contributed by atoms with Crippen LogP contribution in [-0.2, 0) is 4.79 Å². The first kappa shape index (κ1) is 9.60. The Morgan fingerprint density at radius 1 is 1.25 bits per heavy atom. The number of Topliss-reactive ketones (excluding diaryl/α,β-unsaturated/α-hetero) is 1. The second-order valence-corrected chi connectivity index (χ2v) is 3.04. The second-order valence-electron chi connectivity index (χ2n) is 3.04. The molecule has 0 spiro atoms. The molecule has 4 N–H and O–H groups in total. The zero-order valence-corrected chi connectivity index (χ0v) is 6.42. The van der Waals surface area contributed by atoms with Gasteiger partial charge in [-0.3, -0.25) is 4.79 Å². The molecule has 0 aromatic carbocycles. The highest BCUT2D eigenvalue weighted by Gasteiger charge is 2.41. The monoisotopic (exact) mass is 177 g/mol. The summed E-state index contributed by atoms with van der Waals surface area (Å²) in [5.74, 6) is -1.19. The van der Waals surface area contributed by atoms with Gasteiger partial charge in [-0.05, 0) is 0 Å². The Kier molecular flexibility index (Phi) is 2.79. The minimum atomic E-state index is -1.51. The van der Waals surface area contributed by atoms with E-state index in [4.69, 9.17) is 15.3 Å². The van der Waals surface area contributed by atoms with Crippen molar-refractivity contribution in [1.29, 1.82) is 0 Å². The number of aliphatic hydroxyl groups excluding tert-OH is 4. The van der Waals surface area contributed by atoms with Crippen molar-refractivity contribution in [2.75, 3.05) is 6.61 Å². The molecule has 1 rings (SSSR count). The van der Waals surface area contributed by atoms with Gasteiger partial charge in [0.05, 0.1) is 6.10 Å². The van der Waals surface area contributed by atoms with Gasteiger partial charge in [-0.2, -0.15) is 0 Å². The Balaban J connectivity index is 2.70. The number of carbonyl (C=O) groups excluding carboxylic acids is 1. The van der Waals surface area contributed by atoms with Crippen molar-refractivity contribution < 1.29 is 25.2 Å². The van der Waals surface area contributed by atoms with Gasteiger partial charge < -0.3 is 20.4 Å². The molecule has 0 amide bonds. The Hall–Kier alpha value is -0.490. The SMILES string of the molecule is O=[13C]1CC(CO)[C@@H](O)[C@H](O)[C@H]1O. The van der Waals surface area contributed by atoms with Crippen molar-refractivity contribution in [3.8, 4) is 0 Å². The average molecular weight is 177 g/mol. The van der Waals surface area contributed by atoms with Crippen LogP contribution in [0.3, 0.4) is 0 Å². The van der Waals surface area contributed by atoms with Crippen LogP contribution in [0.15, 0.2) is 0 Å². The lowest BCUT2D eigenvalue weighted by atomic mass is 9.90. The summed E-state index contributed by atoms with van der Waals surface area (Å²) >= 11 is 0. The Morgan fingerprint density at radius 2 is 1.83 bits per heavy atom. The molecule has 5 heteroatoms. The lowest BCUT2D eigenvalue weighted by Gasteiger charge is -2.32. The molecule has 1 unspecified atom stereocenters. The van der Waals surface area contributed by atoms with E-state index in [0.29, 0.717) is 0 Å². The molecule has 12 heavy (non-hydrogen) atoms. The molecule has 1 aliphatic rings. The lowest BCUT2D eigenvalue weighted by molar-refractivity contribution is -0.156. The molecule has 0 aliphatic heterocycles. The minimum absolute atomic E-state index is 0.0874. The van der Waals surface area contributed by atoms with Crippen LogP contribution in [-0.4, -0.2) is 51.1 Å². The van der Waals surface area contributed by atoms with E-state index in [2.05, 4.69) is 0 Å². The summed E-state index contributed by atoms with van der Waals surface area (Å²) in [6, 6.07) is 0. The minimum Gasteiger partial charge on any atom is -0.396 e. The first-order chi connectivity index (χ1) is 5.57. The van der Waals surface area contributed by atoms with Crippen molar-refractivity contribution in [3.63, 3.8) is 0 Å². The normalized spacial score (nSPS) is 43.2. The van der Waals surface area contributed by atoms with Crippen LogP contribution in [0.2, 0.25) is 0 Å². The van der Waals surface area contributed by atoms with Crippen LogP contribution in [0.1, 0.15) is 6.42 Å². The van der Waals surface area contributed by atoms with E-state index in [1.807, 2.05) is 0 Å². The third-order valence-electron chi connectivity index (χ3n) is 2.18. The smallest absolute Gasteiger partial charge is 0.164 e. The van der Waals surface area contributed by atoms with E-state index in [-0.39, 0.29) is 13.0 Å². The third kappa shape index (κ3) is 1.49. The van der Waals surface area contributed by atoms with Crippen molar-refractivity contribution in [3.05, 3.63) is 0 Å². The van der Waals surface area contributed by atoms with Crippen molar-refractivity contribution in [2.24, 2.45) is 5.92 Å². The van der Waals surface area contributed by atoms with Crippen molar-refractivity contribution in [2.45, 2.75) is 24.7 Å². The van der Waals surface area contributed by atoms with Crippen LogP contribution < -0.4 is 0 Å². The summed E-state index contributed by atoms with van der Waals surface area (Å²) in [4.78, 5) is 10.9. The summed E-state index contributed by atoms with van der Waals surface area (Å²) in [5, 5.41) is 36.0. The van der Waals surface area contributed by atoms with Crippen LogP contribution in [0.4, 0.5) is 0 Å². The third-order valence-corrected chi connectivity index (χ3v) is 2.18. The molecule has 1 saturated carbocycles. The number of hydrogen-bond donors (Lipinski definition) is 4. The number of hydrogen-bond acceptors (Lipinski definition) is 5. The number of rotatable bonds is 1. The Morgan fingerprint density at radius 3 is 2.33 bits per heavy atom. The van der Waals surface area contributed by atoms with Gasteiger partial charge in [0.25, 0.3) is 0 Å². The Labute approximate surface area is 69.3 Å². The van der Waals surface area contributed by atoms with E-state index in [0.717, 1.165) is 0 Å².